The third-order valence-electron chi connectivity index (χ3n) is 2.93. The third-order valence-corrected chi connectivity index (χ3v) is 4.06. The standard InChI is InChI=1S/C15H13F3N2O2S/c1-23(21,22)14-8-6-13(7-9-14)20-19-10-11-2-4-12(5-3-11)15(16,17)18/h2-10,20H,1H3/b19-10+. The van der Waals surface area contributed by atoms with Gasteiger partial charge in [-0.3, -0.25) is 5.43 Å². The maximum Gasteiger partial charge on any atom is 0.416 e. The molecule has 8 heteroatoms. The normalized spacial score (nSPS) is 12.5. The predicted molar refractivity (Wildman–Crippen MR) is 82.2 cm³/mol. The first-order chi connectivity index (χ1) is 10.7. The quantitative estimate of drug-likeness (QED) is 0.683. The maximum atomic E-state index is 12.4. The molecular formula is C15H13F3N2O2S. The van der Waals surface area contributed by atoms with Crippen LogP contribution >= 0.6 is 0 Å². The van der Waals surface area contributed by atoms with Crippen molar-refractivity contribution in [1.29, 1.82) is 0 Å². The van der Waals surface area contributed by atoms with Gasteiger partial charge in [0.25, 0.3) is 0 Å². The molecular weight excluding hydrogens is 329 g/mol. The lowest BCUT2D eigenvalue weighted by molar-refractivity contribution is -0.137. The molecule has 1 N–H and O–H groups in total. The van der Waals surface area contributed by atoms with E-state index in [0.717, 1.165) is 18.4 Å². The Morgan fingerprint density at radius 1 is 1.00 bits per heavy atom. The Balaban J connectivity index is 2.02. The predicted octanol–water partition coefficient (Wildman–Crippen LogP) is 3.55. The van der Waals surface area contributed by atoms with Gasteiger partial charge in [0, 0.05) is 6.26 Å². The van der Waals surface area contributed by atoms with Crippen LogP contribution in [-0.2, 0) is 16.0 Å². The summed E-state index contributed by atoms with van der Waals surface area (Å²) in [5.74, 6) is 0. The Morgan fingerprint density at radius 2 is 1.57 bits per heavy atom. The van der Waals surface area contributed by atoms with Crippen LogP contribution in [-0.4, -0.2) is 20.9 Å². The van der Waals surface area contributed by atoms with Gasteiger partial charge in [0.15, 0.2) is 9.84 Å². The minimum absolute atomic E-state index is 0.190. The van der Waals surface area contributed by atoms with Crippen LogP contribution in [0.1, 0.15) is 11.1 Å². The monoisotopic (exact) mass is 342 g/mol. The highest BCUT2D eigenvalue weighted by atomic mass is 32.2. The molecule has 0 spiro atoms. The van der Waals surface area contributed by atoms with E-state index in [1.807, 2.05) is 0 Å². The lowest BCUT2D eigenvalue weighted by atomic mass is 10.1. The third kappa shape index (κ3) is 4.82. The van der Waals surface area contributed by atoms with Crippen molar-refractivity contribution < 1.29 is 21.6 Å². The summed E-state index contributed by atoms with van der Waals surface area (Å²) < 4.78 is 59.9. The van der Waals surface area contributed by atoms with Gasteiger partial charge >= 0.3 is 6.18 Å². The van der Waals surface area contributed by atoms with Crippen molar-refractivity contribution in [3.05, 3.63) is 59.7 Å². The van der Waals surface area contributed by atoms with Crippen molar-refractivity contribution >= 4 is 21.7 Å². The molecule has 0 aromatic heterocycles. The fourth-order valence-corrected chi connectivity index (χ4v) is 2.35. The van der Waals surface area contributed by atoms with E-state index in [0.29, 0.717) is 11.3 Å². The first-order valence-corrected chi connectivity index (χ1v) is 8.32. The topological polar surface area (TPSA) is 58.5 Å². The zero-order chi connectivity index (χ0) is 17.1. The fourth-order valence-electron chi connectivity index (χ4n) is 1.72. The van der Waals surface area contributed by atoms with Gasteiger partial charge in [0.05, 0.1) is 22.4 Å². The number of nitrogens with zero attached hydrogens (tertiary/aromatic N) is 1. The zero-order valence-corrected chi connectivity index (χ0v) is 12.8. The summed E-state index contributed by atoms with van der Waals surface area (Å²) in [5, 5.41) is 3.89. The lowest BCUT2D eigenvalue weighted by Gasteiger charge is -2.06. The molecule has 0 saturated heterocycles. The van der Waals surface area contributed by atoms with Crippen LogP contribution in [0.15, 0.2) is 58.5 Å². The van der Waals surface area contributed by atoms with Gasteiger partial charge < -0.3 is 0 Å². The van der Waals surface area contributed by atoms with Crippen LogP contribution < -0.4 is 5.43 Å². The molecule has 2 aromatic rings. The Morgan fingerprint density at radius 3 is 2.04 bits per heavy atom. The van der Waals surface area contributed by atoms with Crippen LogP contribution in [0, 0.1) is 0 Å². The van der Waals surface area contributed by atoms with Crippen molar-refractivity contribution in [3.63, 3.8) is 0 Å². The highest BCUT2D eigenvalue weighted by Crippen LogP contribution is 2.28. The average Bonchev–Trinajstić information content (AvgIpc) is 2.46. The van der Waals surface area contributed by atoms with Crippen molar-refractivity contribution in [1.82, 2.24) is 0 Å². The molecule has 0 bridgehead atoms. The van der Waals surface area contributed by atoms with Gasteiger partial charge in [-0.05, 0) is 42.0 Å². The Kier molecular flexibility index (Phi) is 4.74. The minimum atomic E-state index is -4.37. The minimum Gasteiger partial charge on any atom is -0.279 e. The van der Waals surface area contributed by atoms with Crippen molar-refractivity contribution in [2.24, 2.45) is 5.10 Å². The number of sulfone groups is 1. The van der Waals surface area contributed by atoms with E-state index in [4.69, 9.17) is 0 Å². The average molecular weight is 342 g/mol. The molecule has 0 heterocycles. The van der Waals surface area contributed by atoms with Gasteiger partial charge in [0.2, 0.25) is 0 Å². The first kappa shape index (κ1) is 17.0. The molecule has 0 unspecified atom stereocenters. The van der Waals surface area contributed by atoms with Crippen LogP contribution in [0.4, 0.5) is 18.9 Å². The zero-order valence-electron chi connectivity index (χ0n) is 12.0. The Hall–Kier alpha value is -2.35. The summed E-state index contributed by atoms with van der Waals surface area (Å²) in [4.78, 5) is 0.190. The molecule has 0 atom stereocenters. The number of hydrazone groups is 1. The molecule has 0 aliphatic carbocycles. The van der Waals surface area contributed by atoms with E-state index >= 15 is 0 Å². The van der Waals surface area contributed by atoms with Crippen LogP contribution in [0.3, 0.4) is 0 Å². The highest BCUT2D eigenvalue weighted by Gasteiger charge is 2.29. The summed E-state index contributed by atoms with van der Waals surface area (Å²) in [6.45, 7) is 0. The van der Waals surface area contributed by atoms with Crippen molar-refractivity contribution in [2.75, 3.05) is 11.7 Å². The second-order valence-electron chi connectivity index (χ2n) is 4.79. The van der Waals surface area contributed by atoms with E-state index in [2.05, 4.69) is 10.5 Å². The molecule has 0 aliphatic heterocycles. The maximum absolute atomic E-state index is 12.4. The number of halogens is 3. The van der Waals surface area contributed by atoms with Crippen molar-refractivity contribution in [2.45, 2.75) is 11.1 Å². The lowest BCUT2D eigenvalue weighted by Crippen LogP contribution is -2.04. The molecule has 122 valence electrons. The van der Waals surface area contributed by atoms with Crippen LogP contribution in [0.25, 0.3) is 0 Å². The first-order valence-electron chi connectivity index (χ1n) is 6.43. The molecule has 2 aromatic carbocycles. The van der Waals surface area contributed by atoms with E-state index in [1.165, 1.54) is 30.5 Å². The second-order valence-corrected chi connectivity index (χ2v) is 6.80. The Bertz CT molecular complexity index is 796. The second kappa shape index (κ2) is 6.41. The van der Waals surface area contributed by atoms with E-state index in [-0.39, 0.29) is 4.90 Å². The number of alkyl halides is 3. The summed E-state index contributed by atoms with van der Waals surface area (Å²) in [7, 11) is -3.26. The summed E-state index contributed by atoms with van der Waals surface area (Å²) in [5.41, 5.74) is 3.00. The molecule has 0 amide bonds. The summed E-state index contributed by atoms with van der Waals surface area (Å²) >= 11 is 0. The molecule has 0 fully saturated rings. The van der Waals surface area contributed by atoms with Crippen LogP contribution in [0.2, 0.25) is 0 Å². The molecule has 0 saturated carbocycles. The smallest absolute Gasteiger partial charge is 0.279 e. The van der Waals surface area contributed by atoms with E-state index in [1.54, 1.807) is 12.1 Å². The van der Waals surface area contributed by atoms with Gasteiger partial charge in [-0.15, -0.1) is 0 Å². The number of hydrogen-bond acceptors (Lipinski definition) is 4. The Labute approximate surface area is 131 Å². The van der Waals surface area contributed by atoms with Crippen LogP contribution in [0.5, 0.6) is 0 Å². The number of nitrogens with one attached hydrogen (secondary N) is 1. The number of benzene rings is 2. The fraction of sp³-hybridized carbons (Fsp3) is 0.133. The van der Waals surface area contributed by atoms with E-state index < -0.39 is 21.6 Å². The van der Waals surface area contributed by atoms with Crippen molar-refractivity contribution in [3.8, 4) is 0 Å². The summed E-state index contributed by atoms with van der Waals surface area (Å²) in [6, 6.07) is 10.5. The molecule has 2 rings (SSSR count). The number of anilines is 1. The number of hydrogen-bond donors (Lipinski definition) is 1. The molecule has 0 aliphatic rings. The summed E-state index contributed by atoms with van der Waals surface area (Å²) in [6.07, 6.45) is -1.89. The van der Waals surface area contributed by atoms with Gasteiger partial charge in [0.1, 0.15) is 0 Å². The SMILES string of the molecule is CS(=O)(=O)c1ccc(N/N=C/c2ccc(C(F)(F)F)cc2)cc1. The van der Waals surface area contributed by atoms with Gasteiger partial charge in [-0.25, -0.2) is 8.42 Å². The van der Waals surface area contributed by atoms with Gasteiger partial charge in [-0.2, -0.15) is 18.3 Å². The van der Waals surface area contributed by atoms with Gasteiger partial charge in [-0.1, -0.05) is 12.1 Å². The largest absolute Gasteiger partial charge is 0.416 e. The molecule has 23 heavy (non-hydrogen) atoms. The molecule has 4 nitrogen and oxygen atoms in total. The number of rotatable bonds is 4. The highest BCUT2D eigenvalue weighted by molar-refractivity contribution is 7.90. The van der Waals surface area contributed by atoms with E-state index in [9.17, 15) is 21.6 Å². The molecule has 0 radical (unpaired) electrons.